The molecule has 0 radical (unpaired) electrons. The second-order valence-electron chi connectivity index (χ2n) is 6.15. The highest BCUT2D eigenvalue weighted by Crippen LogP contribution is 2.50. The fraction of sp³-hybridized carbons (Fsp3) is 0.316. The third kappa shape index (κ3) is 2.31. The van der Waals surface area contributed by atoms with Crippen LogP contribution in [0, 0.1) is 5.92 Å². The van der Waals surface area contributed by atoms with Crippen molar-refractivity contribution in [3.63, 3.8) is 0 Å². The van der Waals surface area contributed by atoms with Crippen LogP contribution in [0.2, 0.25) is 5.02 Å². The number of hydrogen-bond acceptors (Lipinski definition) is 3. The first-order valence-electron chi connectivity index (χ1n) is 7.99. The van der Waals surface area contributed by atoms with Gasteiger partial charge < -0.3 is 10.1 Å². The van der Waals surface area contributed by atoms with Crippen LogP contribution in [0.3, 0.4) is 0 Å². The molecule has 0 amide bonds. The van der Waals surface area contributed by atoms with E-state index in [0.717, 1.165) is 17.1 Å². The van der Waals surface area contributed by atoms with Gasteiger partial charge in [-0.1, -0.05) is 35.9 Å². The molecule has 2 aromatic carbocycles. The zero-order valence-electron chi connectivity index (χ0n) is 12.9. The van der Waals surface area contributed by atoms with Gasteiger partial charge in [-0.2, -0.15) is 0 Å². The normalized spacial score (nSPS) is 24.2. The molecule has 0 fully saturated rings. The molecule has 118 valence electrons. The van der Waals surface area contributed by atoms with Crippen LogP contribution < -0.4 is 5.32 Å². The van der Waals surface area contributed by atoms with Crippen LogP contribution in [-0.2, 0) is 16.0 Å². The molecule has 1 aliphatic heterocycles. The Kier molecular flexibility index (Phi) is 3.53. The number of fused-ring (bicyclic) bond motifs is 5. The van der Waals surface area contributed by atoms with E-state index in [9.17, 15) is 4.79 Å². The average Bonchev–Trinajstić information content (AvgIpc) is 2.94. The predicted octanol–water partition coefficient (Wildman–Crippen LogP) is 4.00. The van der Waals surface area contributed by atoms with Gasteiger partial charge in [0.15, 0.2) is 0 Å². The molecule has 2 aliphatic rings. The standard InChI is InChI=1S/C19H18ClNO2/c1-2-23-19(22)18-15-9-11-5-3-4-6-13(11)17(15)14-10-12(20)7-8-16(14)21-18/h3-8,10,15,17-18,21H,2,9H2,1H3. The number of hydrogen-bond donors (Lipinski definition) is 1. The van der Waals surface area contributed by atoms with Crippen molar-refractivity contribution in [3.8, 4) is 0 Å². The molecule has 0 saturated heterocycles. The van der Waals surface area contributed by atoms with Crippen LogP contribution in [0.25, 0.3) is 0 Å². The second kappa shape index (κ2) is 5.57. The molecule has 2 aromatic rings. The van der Waals surface area contributed by atoms with Gasteiger partial charge in [-0.05, 0) is 48.2 Å². The number of esters is 1. The minimum atomic E-state index is -0.318. The molecule has 1 heterocycles. The molecule has 0 spiro atoms. The molecule has 3 atom stereocenters. The van der Waals surface area contributed by atoms with E-state index in [1.165, 1.54) is 16.7 Å². The second-order valence-corrected chi connectivity index (χ2v) is 6.59. The lowest BCUT2D eigenvalue weighted by atomic mass is 9.77. The van der Waals surface area contributed by atoms with Gasteiger partial charge in [-0.3, -0.25) is 0 Å². The molecule has 4 rings (SSSR count). The Morgan fingerprint density at radius 3 is 2.91 bits per heavy atom. The summed E-state index contributed by atoms with van der Waals surface area (Å²) in [5.74, 6) is 0.184. The van der Waals surface area contributed by atoms with E-state index in [0.29, 0.717) is 6.61 Å². The van der Waals surface area contributed by atoms with E-state index in [1.807, 2.05) is 25.1 Å². The summed E-state index contributed by atoms with van der Waals surface area (Å²) in [7, 11) is 0. The lowest BCUT2D eigenvalue weighted by molar-refractivity contribution is -0.145. The minimum absolute atomic E-state index is 0.164. The lowest BCUT2D eigenvalue weighted by Gasteiger charge is -2.36. The van der Waals surface area contributed by atoms with Crippen LogP contribution in [0.1, 0.15) is 29.5 Å². The summed E-state index contributed by atoms with van der Waals surface area (Å²) < 4.78 is 5.30. The van der Waals surface area contributed by atoms with Crippen molar-refractivity contribution in [3.05, 3.63) is 64.2 Å². The Labute approximate surface area is 140 Å². The molecule has 1 N–H and O–H groups in total. The smallest absolute Gasteiger partial charge is 0.328 e. The average molecular weight is 328 g/mol. The van der Waals surface area contributed by atoms with Crippen molar-refractivity contribution in [2.75, 3.05) is 11.9 Å². The number of halogens is 1. The lowest BCUT2D eigenvalue weighted by Crippen LogP contribution is -2.43. The first-order chi connectivity index (χ1) is 11.2. The molecule has 1 aliphatic carbocycles. The van der Waals surface area contributed by atoms with Crippen LogP contribution >= 0.6 is 11.6 Å². The highest BCUT2D eigenvalue weighted by molar-refractivity contribution is 6.30. The predicted molar refractivity (Wildman–Crippen MR) is 91.0 cm³/mol. The number of ether oxygens (including phenoxy) is 1. The van der Waals surface area contributed by atoms with Gasteiger partial charge in [0.05, 0.1) is 6.61 Å². The van der Waals surface area contributed by atoms with Crippen molar-refractivity contribution in [2.45, 2.75) is 25.3 Å². The number of nitrogens with one attached hydrogen (secondary N) is 1. The fourth-order valence-electron chi connectivity index (χ4n) is 4.00. The minimum Gasteiger partial charge on any atom is -0.464 e. The molecule has 3 nitrogen and oxygen atoms in total. The number of rotatable bonds is 2. The van der Waals surface area contributed by atoms with E-state index >= 15 is 0 Å². The molecule has 0 saturated carbocycles. The van der Waals surface area contributed by atoms with E-state index in [1.54, 1.807) is 0 Å². The number of carbonyl (C=O) groups excluding carboxylic acids is 1. The summed E-state index contributed by atoms with van der Waals surface area (Å²) in [4.78, 5) is 12.5. The van der Waals surface area contributed by atoms with Gasteiger partial charge in [0.25, 0.3) is 0 Å². The van der Waals surface area contributed by atoms with Crippen molar-refractivity contribution < 1.29 is 9.53 Å². The number of anilines is 1. The first kappa shape index (κ1) is 14.6. The third-order valence-corrected chi connectivity index (χ3v) is 5.14. The van der Waals surface area contributed by atoms with Gasteiger partial charge in [-0.25, -0.2) is 4.79 Å². The molecule has 4 heteroatoms. The maximum Gasteiger partial charge on any atom is 0.328 e. The summed E-state index contributed by atoms with van der Waals surface area (Å²) in [6.45, 7) is 2.24. The van der Waals surface area contributed by atoms with Gasteiger partial charge in [-0.15, -0.1) is 0 Å². The van der Waals surface area contributed by atoms with E-state index in [4.69, 9.17) is 16.3 Å². The van der Waals surface area contributed by atoms with E-state index in [2.05, 4.69) is 29.6 Å². The molecule has 0 bridgehead atoms. The summed E-state index contributed by atoms with van der Waals surface area (Å²) >= 11 is 6.22. The van der Waals surface area contributed by atoms with Gasteiger partial charge >= 0.3 is 5.97 Å². The van der Waals surface area contributed by atoms with E-state index < -0.39 is 0 Å². The largest absolute Gasteiger partial charge is 0.464 e. The Balaban J connectivity index is 1.84. The molecule has 3 unspecified atom stereocenters. The number of carbonyl (C=O) groups is 1. The summed E-state index contributed by atoms with van der Waals surface area (Å²) in [6.07, 6.45) is 0.878. The van der Waals surface area contributed by atoms with Crippen molar-refractivity contribution in [1.82, 2.24) is 0 Å². The van der Waals surface area contributed by atoms with Gasteiger partial charge in [0.2, 0.25) is 0 Å². The highest BCUT2D eigenvalue weighted by atomic mass is 35.5. The van der Waals surface area contributed by atoms with Crippen LogP contribution in [-0.4, -0.2) is 18.6 Å². The molecular formula is C19H18ClNO2. The van der Waals surface area contributed by atoms with Crippen molar-refractivity contribution in [1.29, 1.82) is 0 Å². The Hall–Kier alpha value is -2.00. The van der Waals surface area contributed by atoms with Gasteiger partial charge in [0.1, 0.15) is 6.04 Å². The Morgan fingerprint density at radius 2 is 2.09 bits per heavy atom. The topological polar surface area (TPSA) is 38.3 Å². The zero-order chi connectivity index (χ0) is 16.0. The van der Waals surface area contributed by atoms with Crippen LogP contribution in [0.5, 0.6) is 0 Å². The SMILES string of the molecule is CCOC(=O)C1Nc2ccc(Cl)cc2C2c3ccccc3CC12. The first-order valence-corrected chi connectivity index (χ1v) is 8.37. The van der Waals surface area contributed by atoms with E-state index in [-0.39, 0.29) is 23.8 Å². The summed E-state index contributed by atoms with van der Waals surface area (Å²) in [5.41, 5.74) is 4.77. The zero-order valence-corrected chi connectivity index (χ0v) is 13.6. The third-order valence-electron chi connectivity index (χ3n) is 4.90. The summed E-state index contributed by atoms with van der Waals surface area (Å²) in [5, 5.41) is 4.11. The summed E-state index contributed by atoms with van der Waals surface area (Å²) in [6, 6.07) is 14.0. The molecule has 23 heavy (non-hydrogen) atoms. The maximum absolute atomic E-state index is 12.5. The monoisotopic (exact) mass is 327 g/mol. The Morgan fingerprint density at radius 1 is 1.26 bits per heavy atom. The fourth-order valence-corrected chi connectivity index (χ4v) is 4.18. The van der Waals surface area contributed by atoms with Crippen molar-refractivity contribution in [2.24, 2.45) is 5.92 Å². The van der Waals surface area contributed by atoms with Crippen LogP contribution in [0.15, 0.2) is 42.5 Å². The quantitative estimate of drug-likeness (QED) is 0.847. The van der Waals surface area contributed by atoms with Crippen molar-refractivity contribution >= 4 is 23.3 Å². The van der Waals surface area contributed by atoms with Crippen LogP contribution in [0.4, 0.5) is 5.69 Å². The molecular weight excluding hydrogens is 310 g/mol. The molecule has 0 aromatic heterocycles. The number of benzene rings is 2. The maximum atomic E-state index is 12.5. The highest BCUT2D eigenvalue weighted by Gasteiger charge is 2.46. The van der Waals surface area contributed by atoms with Gasteiger partial charge in [0, 0.05) is 22.5 Å². The Bertz CT molecular complexity index is 774.